The van der Waals surface area contributed by atoms with E-state index in [0.717, 1.165) is 31.1 Å². The van der Waals surface area contributed by atoms with Gasteiger partial charge in [0.05, 0.1) is 18.3 Å². The summed E-state index contributed by atoms with van der Waals surface area (Å²) in [6.07, 6.45) is 0. The maximum atomic E-state index is 5.25. The maximum absolute atomic E-state index is 5.25. The van der Waals surface area contributed by atoms with E-state index in [4.69, 9.17) is 9.72 Å². The normalized spacial score (nSPS) is 12.7. The average Bonchev–Trinajstić information content (AvgIpc) is 2.40. The average molecular weight is 279 g/mol. The van der Waals surface area contributed by atoms with Crippen molar-refractivity contribution in [2.75, 3.05) is 31.7 Å². The fourth-order valence-corrected chi connectivity index (χ4v) is 2.24. The highest BCUT2D eigenvalue weighted by Crippen LogP contribution is 2.14. The molecular weight excluding hydrogens is 250 g/mol. The predicted octanol–water partition coefficient (Wildman–Crippen LogP) is 2.69. The summed E-state index contributed by atoms with van der Waals surface area (Å²) in [6, 6.07) is 6.56. The number of likely N-dealkylation sites (N-methyl/N-ethyl adjacent to an activating group) is 1. The van der Waals surface area contributed by atoms with E-state index in [1.54, 1.807) is 7.11 Å². The molecule has 114 valence electrons. The van der Waals surface area contributed by atoms with Gasteiger partial charge in [-0.05, 0) is 38.4 Å². The molecule has 1 rings (SSSR count). The van der Waals surface area contributed by atoms with Crippen LogP contribution in [0.1, 0.15) is 33.4 Å². The molecule has 0 aliphatic rings. The first-order valence-electron chi connectivity index (χ1n) is 7.50. The largest absolute Gasteiger partial charge is 0.383 e. The highest BCUT2D eigenvalue weighted by atomic mass is 16.5. The minimum atomic E-state index is 0.330. The Balaban J connectivity index is 2.69. The van der Waals surface area contributed by atoms with E-state index in [9.17, 15) is 0 Å². The van der Waals surface area contributed by atoms with Gasteiger partial charge in [0.15, 0.2) is 0 Å². The van der Waals surface area contributed by atoms with Gasteiger partial charge in [-0.25, -0.2) is 4.98 Å². The molecule has 0 aliphatic heterocycles. The highest BCUT2D eigenvalue weighted by molar-refractivity contribution is 5.40. The Kier molecular flexibility index (Phi) is 7.55. The van der Waals surface area contributed by atoms with Gasteiger partial charge in [-0.15, -0.1) is 0 Å². The number of methoxy groups -OCH3 is 1. The first kappa shape index (κ1) is 16.9. The number of hydrogen-bond acceptors (Lipinski definition) is 4. The van der Waals surface area contributed by atoms with Crippen LogP contribution in [-0.4, -0.2) is 37.8 Å². The van der Waals surface area contributed by atoms with Gasteiger partial charge in [0, 0.05) is 20.2 Å². The van der Waals surface area contributed by atoms with Crippen molar-refractivity contribution in [2.45, 2.75) is 40.3 Å². The van der Waals surface area contributed by atoms with Gasteiger partial charge in [-0.2, -0.15) is 0 Å². The molecule has 0 spiro atoms. The number of ether oxygens (including phenoxy) is 1. The summed E-state index contributed by atoms with van der Waals surface area (Å²) in [5.41, 5.74) is 1.09. The second-order valence-corrected chi connectivity index (χ2v) is 5.60. The number of anilines is 1. The SMILES string of the molecule is CCN(c1cccc(CNCC(C)C)n1)C(C)COC. The molecule has 0 radical (unpaired) electrons. The molecule has 1 aromatic heterocycles. The van der Waals surface area contributed by atoms with Crippen molar-refractivity contribution in [1.29, 1.82) is 0 Å². The quantitative estimate of drug-likeness (QED) is 0.754. The first-order valence-corrected chi connectivity index (χ1v) is 7.50. The number of pyridine rings is 1. The first-order chi connectivity index (χ1) is 9.58. The number of aromatic nitrogens is 1. The van der Waals surface area contributed by atoms with Gasteiger partial charge in [0.1, 0.15) is 5.82 Å². The maximum Gasteiger partial charge on any atom is 0.129 e. The molecule has 0 saturated heterocycles. The molecule has 0 saturated carbocycles. The fourth-order valence-electron chi connectivity index (χ4n) is 2.24. The summed E-state index contributed by atoms with van der Waals surface area (Å²) in [6.45, 7) is 12.2. The molecule has 4 nitrogen and oxygen atoms in total. The van der Waals surface area contributed by atoms with Gasteiger partial charge in [-0.3, -0.25) is 0 Å². The Morgan fingerprint density at radius 1 is 1.30 bits per heavy atom. The number of rotatable bonds is 9. The summed E-state index contributed by atoms with van der Waals surface area (Å²) < 4.78 is 5.25. The zero-order chi connectivity index (χ0) is 15.0. The summed E-state index contributed by atoms with van der Waals surface area (Å²) in [7, 11) is 1.74. The van der Waals surface area contributed by atoms with E-state index in [1.165, 1.54) is 0 Å². The van der Waals surface area contributed by atoms with E-state index in [1.807, 2.05) is 0 Å². The zero-order valence-corrected chi connectivity index (χ0v) is 13.5. The lowest BCUT2D eigenvalue weighted by molar-refractivity contribution is 0.181. The van der Waals surface area contributed by atoms with E-state index in [2.05, 4.69) is 56.1 Å². The van der Waals surface area contributed by atoms with Gasteiger partial charge in [0.2, 0.25) is 0 Å². The van der Waals surface area contributed by atoms with Crippen molar-refractivity contribution in [1.82, 2.24) is 10.3 Å². The lowest BCUT2D eigenvalue weighted by Gasteiger charge is -2.29. The fraction of sp³-hybridized carbons (Fsp3) is 0.688. The summed E-state index contributed by atoms with van der Waals surface area (Å²) >= 11 is 0. The Morgan fingerprint density at radius 2 is 2.05 bits per heavy atom. The summed E-state index contributed by atoms with van der Waals surface area (Å²) in [5, 5.41) is 3.43. The monoisotopic (exact) mass is 279 g/mol. The second kappa shape index (κ2) is 8.93. The van der Waals surface area contributed by atoms with E-state index in [-0.39, 0.29) is 0 Å². The molecule has 1 atom stereocenters. The lowest BCUT2D eigenvalue weighted by atomic mass is 10.2. The zero-order valence-electron chi connectivity index (χ0n) is 13.5. The molecule has 20 heavy (non-hydrogen) atoms. The van der Waals surface area contributed by atoms with Crippen LogP contribution in [0.15, 0.2) is 18.2 Å². The molecular formula is C16H29N3O. The van der Waals surface area contributed by atoms with Crippen LogP contribution in [0.5, 0.6) is 0 Å². The molecule has 0 aromatic carbocycles. The molecule has 0 aliphatic carbocycles. The number of nitrogens with one attached hydrogen (secondary N) is 1. The summed E-state index contributed by atoms with van der Waals surface area (Å²) in [4.78, 5) is 7.03. The molecule has 4 heteroatoms. The van der Waals surface area contributed by atoms with Crippen LogP contribution in [0, 0.1) is 5.92 Å². The van der Waals surface area contributed by atoms with Crippen molar-refractivity contribution in [3.63, 3.8) is 0 Å². The van der Waals surface area contributed by atoms with Crippen molar-refractivity contribution >= 4 is 5.82 Å². The molecule has 1 heterocycles. The molecule has 0 bridgehead atoms. The van der Waals surface area contributed by atoms with Crippen LogP contribution in [0.3, 0.4) is 0 Å². The van der Waals surface area contributed by atoms with Crippen LogP contribution in [0.2, 0.25) is 0 Å². The summed E-state index contributed by atoms with van der Waals surface area (Å²) in [5.74, 6) is 1.69. The van der Waals surface area contributed by atoms with Crippen molar-refractivity contribution in [3.05, 3.63) is 23.9 Å². The standard InChI is InChI=1S/C16H29N3O/c1-6-19(14(4)12-20-5)16-9-7-8-15(18-16)11-17-10-13(2)3/h7-9,13-14,17H,6,10-12H2,1-5H3. The predicted molar refractivity (Wildman–Crippen MR) is 85.1 cm³/mol. The van der Waals surface area contributed by atoms with Crippen molar-refractivity contribution in [3.8, 4) is 0 Å². The van der Waals surface area contributed by atoms with E-state index < -0.39 is 0 Å². The smallest absolute Gasteiger partial charge is 0.129 e. The van der Waals surface area contributed by atoms with Gasteiger partial charge in [-0.1, -0.05) is 19.9 Å². The van der Waals surface area contributed by atoms with Crippen LogP contribution >= 0.6 is 0 Å². The van der Waals surface area contributed by atoms with Gasteiger partial charge < -0.3 is 15.0 Å². The molecule has 0 amide bonds. The van der Waals surface area contributed by atoms with Crippen LogP contribution in [-0.2, 0) is 11.3 Å². The topological polar surface area (TPSA) is 37.4 Å². The Hall–Kier alpha value is -1.13. The van der Waals surface area contributed by atoms with E-state index in [0.29, 0.717) is 18.6 Å². The third kappa shape index (κ3) is 5.47. The molecule has 1 N–H and O–H groups in total. The van der Waals surface area contributed by atoms with Gasteiger partial charge in [0.25, 0.3) is 0 Å². The number of hydrogen-bond donors (Lipinski definition) is 1. The Labute approximate surface area is 123 Å². The Morgan fingerprint density at radius 3 is 2.65 bits per heavy atom. The van der Waals surface area contributed by atoms with Crippen molar-refractivity contribution in [2.24, 2.45) is 5.92 Å². The molecule has 1 aromatic rings. The lowest BCUT2D eigenvalue weighted by Crippen LogP contribution is -2.36. The Bertz CT molecular complexity index is 382. The van der Waals surface area contributed by atoms with Gasteiger partial charge >= 0.3 is 0 Å². The van der Waals surface area contributed by atoms with Crippen LogP contribution < -0.4 is 10.2 Å². The minimum Gasteiger partial charge on any atom is -0.383 e. The highest BCUT2D eigenvalue weighted by Gasteiger charge is 2.14. The third-order valence-electron chi connectivity index (χ3n) is 3.23. The van der Waals surface area contributed by atoms with E-state index >= 15 is 0 Å². The van der Waals surface area contributed by atoms with Crippen LogP contribution in [0.25, 0.3) is 0 Å². The third-order valence-corrected chi connectivity index (χ3v) is 3.23. The molecule has 0 fully saturated rings. The van der Waals surface area contributed by atoms with Crippen molar-refractivity contribution < 1.29 is 4.74 Å². The number of nitrogens with zero attached hydrogens (tertiary/aromatic N) is 2. The minimum absolute atomic E-state index is 0.330. The second-order valence-electron chi connectivity index (χ2n) is 5.60. The molecule has 1 unspecified atom stereocenters. The van der Waals surface area contributed by atoms with Crippen LogP contribution in [0.4, 0.5) is 5.82 Å².